The molecule has 0 radical (unpaired) electrons. The van der Waals surface area contributed by atoms with Gasteiger partial charge in [0, 0.05) is 13.2 Å². The fourth-order valence-electron chi connectivity index (χ4n) is 1.22. The molecule has 0 aromatic carbocycles. The van der Waals surface area contributed by atoms with Gasteiger partial charge >= 0.3 is 0 Å². The molecule has 1 atom stereocenters. The van der Waals surface area contributed by atoms with E-state index in [-0.39, 0.29) is 12.4 Å². The second-order valence-electron chi connectivity index (χ2n) is 2.94. The first-order valence-electron chi connectivity index (χ1n) is 3.97. The van der Waals surface area contributed by atoms with Crippen molar-refractivity contribution in [3.63, 3.8) is 0 Å². The third-order valence-electron chi connectivity index (χ3n) is 1.98. The van der Waals surface area contributed by atoms with E-state index in [0.717, 1.165) is 12.5 Å². The smallest absolute Gasteiger partial charge is 0.0843 e. The molecule has 12 heavy (non-hydrogen) atoms. The number of nitriles is 1. The zero-order chi connectivity index (χ0) is 8.10. The average Bonchev–Trinajstić information content (AvgIpc) is 2.80. The van der Waals surface area contributed by atoms with Crippen molar-refractivity contribution in [2.75, 3.05) is 20.3 Å². The Kier molecular flexibility index (Phi) is 6.09. The molecule has 4 heteroatoms. The van der Waals surface area contributed by atoms with Crippen molar-refractivity contribution < 1.29 is 4.74 Å². The zero-order valence-corrected chi connectivity index (χ0v) is 8.06. The molecule has 0 aromatic heterocycles. The van der Waals surface area contributed by atoms with Crippen LogP contribution in [-0.4, -0.2) is 26.3 Å². The molecule has 0 aliphatic heterocycles. The van der Waals surface area contributed by atoms with Gasteiger partial charge in [0.15, 0.2) is 0 Å². The van der Waals surface area contributed by atoms with Gasteiger partial charge in [0.25, 0.3) is 0 Å². The summed E-state index contributed by atoms with van der Waals surface area (Å²) in [6.45, 7) is 1.16. The second kappa shape index (κ2) is 6.24. The van der Waals surface area contributed by atoms with Crippen molar-refractivity contribution in [3.05, 3.63) is 0 Å². The van der Waals surface area contributed by atoms with Crippen molar-refractivity contribution in [1.82, 2.24) is 5.32 Å². The summed E-state index contributed by atoms with van der Waals surface area (Å²) >= 11 is 0. The first-order valence-corrected chi connectivity index (χ1v) is 3.97. The Labute approximate surface area is 79.5 Å². The maximum Gasteiger partial charge on any atom is 0.0843 e. The largest absolute Gasteiger partial charge is 0.383 e. The number of ether oxygens (including phenoxy) is 1. The summed E-state index contributed by atoms with van der Waals surface area (Å²) in [6.07, 6.45) is 2.57. The van der Waals surface area contributed by atoms with E-state index in [1.54, 1.807) is 7.11 Å². The number of hydrogen-bond donors (Lipinski definition) is 1. The van der Waals surface area contributed by atoms with Gasteiger partial charge in [-0.25, -0.2) is 0 Å². The highest BCUT2D eigenvalue weighted by Crippen LogP contribution is 2.32. The van der Waals surface area contributed by atoms with Crippen LogP contribution >= 0.6 is 12.4 Å². The number of nitrogens with zero attached hydrogens (tertiary/aromatic N) is 1. The van der Waals surface area contributed by atoms with E-state index >= 15 is 0 Å². The lowest BCUT2D eigenvalue weighted by atomic mass is 10.2. The van der Waals surface area contributed by atoms with Gasteiger partial charge < -0.3 is 4.74 Å². The molecular weight excluding hydrogens is 176 g/mol. The SMILES string of the molecule is COC[C@@H](NCC#N)C1CC1.Cl. The molecular formula is C8H15ClN2O. The number of nitrogens with one attached hydrogen (secondary N) is 1. The Bertz CT molecular complexity index is 154. The van der Waals surface area contributed by atoms with Gasteiger partial charge in [-0.1, -0.05) is 0 Å². The van der Waals surface area contributed by atoms with Gasteiger partial charge in [0.05, 0.1) is 19.2 Å². The molecule has 3 nitrogen and oxygen atoms in total. The molecule has 0 heterocycles. The van der Waals surface area contributed by atoms with Gasteiger partial charge in [-0.05, 0) is 18.8 Å². The van der Waals surface area contributed by atoms with E-state index in [0.29, 0.717) is 12.6 Å². The summed E-state index contributed by atoms with van der Waals surface area (Å²) in [5, 5.41) is 11.5. The van der Waals surface area contributed by atoms with Crippen LogP contribution in [0, 0.1) is 17.2 Å². The molecule has 0 unspecified atom stereocenters. The monoisotopic (exact) mass is 190 g/mol. The van der Waals surface area contributed by atoms with Crippen molar-refractivity contribution in [3.8, 4) is 6.07 Å². The van der Waals surface area contributed by atoms with Crippen LogP contribution < -0.4 is 5.32 Å². The van der Waals surface area contributed by atoms with Crippen LogP contribution in [-0.2, 0) is 4.74 Å². The van der Waals surface area contributed by atoms with Crippen LogP contribution in [0.5, 0.6) is 0 Å². The van der Waals surface area contributed by atoms with E-state index < -0.39 is 0 Å². The lowest BCUT2D eigenvalue weighted by Crippen LogP contribution is -2.35. The Hall–Kier alpha value is -0.300. The van der Waals surface area contributed by atoms with E-state index in [9.17, 15) is 0 Å². The van der Waals surface area contributed by atoms with E-state index in [1.165, 1.54) is 12.8 Å². The van der Waals surface area contributed by atoms with Crippen LogP contribution in [0.15, 0.2) is 0 Å². The highest BCUT2D eigenvalue weighted by molar-refractivity contribution is 5.85. The predicted molar refractivity (Wildman–Crippen MR) is 49.3 cm³/mol. The fourth-order valence-corrected chi connectivity index (χ4v) is 1.22. The van der Waals surface area contributed by atoms with Crippen LogP contribution in [0.2, 0.25) is 0 Å². The number of rotatable bonds is 5. The van der Waals surface area contributed by atoms with Crippen molar-refractivity contribution in [2.45, 2.75) is 18.9 Å². The quantitative estimate of drug-likeness (QED) is 0.657. The lowest BCUT2D eigenvalue weighted by molar-refractivity contribution is 0.159. The van der Waals surface area contributed by atoms with Gasteiger partial charge in [0.2, 0.25) is 0 Å². The third-order valence-corrected chi connectivity index (χ3v) is 1.98. The molecule has 1 rings (SSSR count). The summed E-state index contributed by atoms with van der Waals surface area (Å²) in [5.74, 6) is 0.753. The number of methoxy groups -OCH3 is 1. The van der Waals surface area contributed by atoms with Crippen molar-refractivity contribution in [2.24, 2.45) is 5.92 Å². The Morgan fingerprint density at radius 1 is 1.67 bits per heavy atom. The highest BCUT2D eigenvalue weighted by atomic mass is 35.5. The summed E-state index contributed by atoms with van der Waals surface area (Å²) < 4.78 is 5.03. The molecule has 0 aromatic rings. The van der Waals surface area contributed by atoms with Gasteiger partial charge in [0.1, 0.15) is 0 Å². The topological polar surface area (TPSA) is 45.0 Å². The molecule has 0 saturated heterocycles. The van der Waals surface area contributed by atoms with Crippen molar-refractivity contribution in [1.29, 1.82) is 5.26 Å². The standard InChI is InChI=1S/C8H14N2O.ClH/c1-11-6-8(7-2-3-7)10-5-4-9;/h7-8,10H,2-3,5-6H2,1H3;1H/t8-;/m1./s1. The van der Waals surface area contributed by atoms with Crippen LogP contribution in [0.3, 0.4) is 0 Å². The van der Waals surface area contributed by atoms with Crippen LogP contribution in [0.4, 0.5) is 0 Å². The molecule has 0 amide bonds. The first-order chi connectivity index (χ1) is 5.38. The van der Waals surface area contributed by atoms with Crippen molar-refractivity contribution >= 4 is 12.4 Å². The summed E-state index contributed by atoms with van der Waals surface area (Å²) in [7, 11) is 1.70. The molecule has 0 spiro atoms. The summed E-state index contributed by atoms with van der Waals surface area (Å²) in [4.78, 5) is 0. The van der Waals surface area contributed by atoms with Gasteiger partial charge in [-0.2, -0.15) is 5.26 Å². The van der Waals surface area contributed by atoms with Gasteiger partial charge in [-0.3, -0.25) is 5.32 Å². The molecule has 1 fully saturated rings. The van der Waals surface area contributed by atoms with E-state index in [4.69, 9.17) is 10.00 Å². The first kappa shape index (κ1) is 11.7. The fraction of sp³-hybridized carbons (Fsp3) is 0.875. The zero-order valence-electron chi connectivity index (χ0n) is 7.25. The lowest BCUT2D eigenvalue weighted by Gasteiger charge is -2.14. The maximum atomic E-state index is 8.33. The Morgan fingerprint density at radius 3 is 2.75 bits per heavy atom. The summed E-state index contributed by atoms with van der Waals surface area (Å²) in [6, 6.07) is 2.48. The molecule has 0 bridgehead atoms. The van der Waals surface area contributed by atoms with E-state index in [1.807, 2.05) is 0 Å². The van der Waals surface area contributed by atoms with E-state index in [2.05, 4.69) is 11.4 Å². The number of hydrogen-bond acceptors (Lipinski definition) is 3. The minimum atomic E-state index is 0. The Morgan fingerprint density at radius 2 is 2.33 bits per heavy atom. The summed E-state index contributed by atoms with van der Waals surface area (Å²) in [5.41, 5.74) is 0. The molecule has 1 aliphatic rings. The normalized spacial score (nSPS) is 17.7. The van der Waals surface area contributed by atoms with Gasteiger partial charge in [-0.15, -0.1) is 12.4 Å². The van der Waals surface area contributed by atoms with Crippen LogP contribution in [0.1, 0.15) is 12.8 Å². The predicted octanol–water partition coefficient (Wildman–Crippen LogP) is 0.946. The second-order valence-corrected chi connectivity index (χ2v) is 2.94. The minimum absolute atomic E-state index is 0. The third kappa shape index (κ3) is 3.91. The average molecular weight is 191 g/mol. The molecule has 1 aliphatic carbocycles. The molecule has 70 valence electrons. The molecule has 1 saturated carbocycles. The Balaban J connectivity index is 0.00000121. The molecule has 1 N–H and O–H groups in total. The number of halogens is 1. The highest BCUT2D eigenvalue weighted by Gasteiger charge is 2.30. The minimum Gasteiger partial charge on any atom is -0.383 e. The maximum absolute atomic E-state index is 8.33. The van der Waals surface area contributed by atoms with Crippen LogP contribution in [0.25, 0.3) is 0 Å².